The maximum atomic E-state index is 11.7. The van der Waals surface area contributed by atoms with Crippen LogP contribution in [0.25, 0.3) is 0 Å². The van der Waals surface area contributed by atoms with Crippen LogP contribution in [-0.2, 0) is 9.47 Å². The van der Waals surface area contributed by atoms with E-state index >= 15 is 0 Å². The normalized spacial score (nSPS) is 9.76. The highest BCUT2D eigenvalue weighted by molar-refractivity contribution is 6.06. The number of hydrogen-bond acceptors (Lipinski definition) is 5. The number of benzene rings is 1. The van der Waals surface area contributed by atoms with Crippen molar-refractivity contribution < 1.29 is 19.1 Å². The average molecular weight is 236 g/mol. The van der Waals surface area contributed by atoms with E-state index in [9.17, 15) is 9.59 Å². The molecule has 1 radical (unpaired) electrons. The molecule has 1 aromatic carbocycles. The number of ether oxygens (including phenoxy) is 2. The molecule has 0 saturated carbocycles. The quantitative estimate of drug-likeness (QED) is 0.631. The highest BCUT2D eigenvalue weighted by Crippen LogP contribution is 2.18. The van der Waals surface area contributed by atoms with Crippen molar-refractivity contribution in [3.63, 3.8) is 0 Å². The van der Waals surface area contributed by atoms with Gasteiger partial charge in [0.25, 0.3) is 0 Å². The minimum Gasteiger partial charge on any atom is -0.462 e. The largest absolute Gasteiger partial charge is 0.462 e. The Kier molecular flexibility index (Phi) is 4.51. The first-order valence-corrected chi connectivity index (χ1v) is 5.26. The molecule has 0 aliphatic carbocycles. The molecule has 91 valence electrons. The van der Waals surface area contributed by atoms with Gasteiger partial charge in [0.2, 0.25) is 0 Å². The summed E-state index contributed by atoms with van der Waals surface area (Å²) in [6, 6.07) is 5.54. The van der Waals surface area contributed by atoms with Crippen LogP contribution < -0.4 is 5.73 Å². The van der Waals surface area contributed by atoms with Crippen molar-refractivity contribution in [2.24, 2.45) is 0 Å². The van der Waals surface area contributed by atoms with E-state index in [0.29, 0.717) is 0 Å². The second-order valence-corrected chi connectivity index (χ2v) is 3.12. The molecule has 0 amide bonds. The monoisotopic (exact) mass is 236 g/mol. The molecule has 0 heterocycles. The lowest BCUT2D eigenvalue weighted by Crippen LogP contribution is -2.16. The van der Waals surface area contributed by atoms with Crippen LogP contribution in [0.15, 0.2) is 12.1 Å². The van der Waals surface area contributed by atoms with Gasteiger partial charge in [-0.15, -0.1) is 0 Å². The highest BCUT2D eigenvalue weighted by Gasteiger charge is 2.21. The zero-order valence-corrected chi connectivity index (χ0v) is 9.78. The Morgan fingerprint density at radius 2 is 1.82 bits per heavy atom. The third-order valence-corrected chi connectivity index (χ3v) is 2.00. The lowest BCUT2D eigenvalue weighted by atomic mass is 10.1. The van der Waals surface area contributed by atoms with E-state index in [1.807, 2.05) is 0 Å². The number of nitrogens with two attached hydrogens (primary N) is 1. The maximum absolute atomic E-state index is 11.7. The second kappa shape index (κ2) is 5.89. The van der Waals surface area contributed by atoms with E-state index in [4.69, 9.17) is 15.2 Å². The van der Waals surface area contributed by atoms with Crippen molar-refractivity contribution in [2.45, 2.75) is 13.8 Å². The first-order chi connectivity index (χ1) is 8.11. The lowest BCUT2D eigenvalue weighted by molar-refractivity contribution is 0.0480. The number of esters is 2. The Balaban J connectivity index is 3.17. The summed E-state index contributed by atoms with van der Waals surface area (Å²) >= 11 is 0. The van der Waals surface area contributed by atoms with Gasteiger partial charge >= 0.3 is 11.9 Å². The molecule has 1 rings (SSSR count). The smallest absolute Gasteiger partial charge is 0.341 e. The van der Waals surface area contributed by atoms with Gasteiger partial charge in [0.1, 0.15) is 0 Å². The van der Waals surface area contributed by atoms with Crippen LogP contribution in [0.4, 0.5) is 5.69 Å². The van der Waals surface area contributed by atoms with Crippen molar-refractivity contribution in [3.8, 4) is 0 Å². The molecular formula is C12H14NO4. The molecule has 0 atom stereocenters. The van der Waals surface area contributed by atoms with E-state index in [0.717, 1.165) is 0 Å². The zero-order chi connectivity index (χ0) is 12.8. The van der Waals surface area contributed by atoms with Crippen molar-refractivity contribution in [1.82, 2.24) is 0 Å². The zero-order valence-electron chi connectivity index (χ0n) is 9.78. The molecule has 2 N–H and O–H groups in total. The number of carbonyl (C=O) groups is 2. The van der Waals surface area contributed by atoms with E-state index in [1.54, 1.807) is 13.8 Å². The standard InChI is InChI=1S/C12H14NO4/c1-3-16-11(14)8-6-5-7-9(13)10(8)12(15)17-4-2/h5-6H,3-4,13H2,1-2H3. The molecule has 0 aliphatic rings. The summed E-state index contributed by atoms with van der Waals surface area (Å²) in [7, 11) is 0. The molecule has 0 saturated heterocycles. The molecular weight excluding hydrogens is 222 g/mol. The van der Waals surface area contributed by atoms with E-state index in [-0.39, 0.29) is 30.0 Å². The molecule has 0 fully saturated rings. The fourth-order valence-corrected chi connectivity index (χ4v) is 1.32. The Hall–Kier alpha value is -2.04. The van der Waals surface area contributed by atoms with Crippen LogP contribution >= 0.6 is 0 Å². The van der Waals surface area contributed by atoms with Crippen LogP contribution in [0, 0.1) is 6.07 Å². The third-order valence-electron chi connectivity index (χ3n) is 2.00. The van der Waals surface area contributed by atoms with Crippen molar-refractivity contribution in [1.29, 1.82) is 0 Å². The van der Waals surface area contributed by atoms with Gasteiger partial charge < -0.3 is 15.2 Å². The highest BCUT2D eigenvalue weighted by atomic mass is 16.5. The van der Waals surface area contributed by atoms with Gasteiger partial charge in [-0.25, -0.2) is 9.59 Å². The summed E-state index contributed by atoms with van der Waals surface area (Å²) in [4.78, 5) is 23.3. The Bertz CT molecular complexity index is 429. The Labute approximate surface area is 99.5 Å². The van der Waals surface area contributed by atoms with E-state index in [1.165, 1.54) is 12.1 Å². The second-order valence-electron chi connectivity index (χ2n) is 3.12. The van der Waals surface area contributed by atoms with Crippen LogP contribution in [-0.4, -0.2) is 25.2 Å². The molecule has 0 unspecified atom stereocenters. The number of anilines is 1. The summed E-state index contributed by atoms with van der Waals surface area (Å²) in [5.74, 6) is -1.25. The predicted octanol–water partition coefficient (Wildman–Crippen LogP) is 1.42. The van der Waals surface area contributed by atoms with Crippen LogP contribution in [0.5, 0.6) is 0 Å². The van der Waals surface area contributed by atoms with Gasteiger partial charge in [-0.3, -0.25) is 0 Å². The van der Waals surface area contributed by atoms with Gasteiger partial charge in [0, 0.05) is 6.07 Å². The van der Waals surface area contributed by atoms with Crippen LogP contribution in [0.3, 0.4) is 0 Å². The minimum absolute atomic E-state index is 0.00722. The minimum atomic E-state index is -0.648. The summed E-state index contributed by atoms with van der Waals surface area (Å²) in [6.07, 6.45) is 0. The van der Waals surface area contributed by atoms with Gasteiger partial charge in [-0.1, -0.05) is 6.07 Å². The first kappa shape index (κ1) is 13.0. The number of hydrogen-bond donors (Lipinski definition) is 1. The maximum Gasteiger partial charge on any atom is 0.341 e. The van der Waals surface area contributed by atoms with E-state index < -0.39 is 11.9 Å². The van der Waals surface area contributed by atoms with Gasteiger partial charge in [0.15, 0.2) is 0 Å². The molecule has 5 nitrogen and oxygen atoms in total. The SMILES string of the molecule is CCOC(=O)c1cc[c]c(N)c1C(=O)OCC. The summed E-state index contributed by atoms with van der Waals surface area (Å²) in [5, 5.41) is 0. The fraction of sp³-hybridized carbons (Fsp3) is 0.333. The van der Waals surface area contributed by atoms with Crippen molar-refractivity contribution in [2.75, 3.05) is 18.9 Å². The Morgan fingerprint density at radius 1 is 1.24 bits per heavy atom. The molecule has 0 bridgehead atoms. The molecule has 0 spiro atoms. The Morgan fingerprint density at radius 3 is 2.41 bits per heavy atom. The van der Waals surface area contributed by atoms with Gasteiger partial charge in [0.05, 0.1) is 30.0 Å². The molecule has 1 aromatic rings. The van der Waals surface area contributed by atoms with Crippen LogP contribution in [0.1, 0.15) is 34.6 Å². The molecule has 17 heavy (non-hydrogen) atoms. The van der Waals surface area contributed by atoms with Crippen molar-refractivity contribution >= 4 is 17.6 Å². The molecule has 0 aliphatic heterocycles. The first-order valence-electron chi connectivity index (χ1n) is 5.26. The third kappa shape index (κ3) is 2.96. The number of carbonyl (C=O) groups excluding carboxylic acids is 2. The molecule has 0 aromatic heterocycles. The summed E-state index contributed by atoms with van der Waals surface area (Å²) < 4.78 is 9.67. The number of rotatable bonds is 4. The summed E-state index contributed by atoms with van der Waals surface area (Å²) in [5.41, 5.74) is 5.81. The average Bonchev–Trinajstić information content (AvgIpc) is 2.29. The topological polar surface area (TPSA) is 78.6 Å². The van der Waals surface area contributed by atoms with Crippen LogP contribution in [0.2, 0.25) is 0 Å². The van der Waals surface area contributed by atoms with E-state index in [2.05, 4.69) is 6.07 Å². The predicted molar refractivity (Wildman–Crippen MR) is 61.6 cm³/mol. The van der Waals surface area contributed by atoms with Crippen molar-refractivity contribution in [3.05, 3.63) is 29.3 Å². The summed E-state index contributed by atoms with van der Waals surface area (Å²) in [6.45, 7) is 3.78. The fourth-order valence-electron chi connectivity index (χ4n) is 1.32. The molecule has 5 heteroatoms. The van der Waals surface area contributed by atoms with Gasteiger partial charge in [-0.2, -0.15) is 0 Å². The lowest BCUT2D eigenvalue weighted by Gasteiger charge is -2.10. The van der Waals surface area contributed by atoms with Gasteiger partial charge in [-0.05, 0) is 19.9 Å². The number of nitrogen functional groups attached to an aromatic ring is 1.